The number of aliphatic carboxylic acids is 1. The number of alkyl carbamates (subject to hydrolysis) is 1. The monoisotopic (exact) mass is 383 g/mol. The van der Waals surface area contributed by atoms with Gasteiger partial charge in [0, 0.05) is 17.5 Å². The summed E-state index contributed by atoms with van der Waals surface area (Å²) in [7, 11) is 0. The number of nitrogens with one attached hydrogen (secondary N) is 1. The minimum Gasteiger partial charge on any atom is -0.480 e. The summed E-state index contributed by atoms with van der Waals surface area (Å²) in [5.41, 5.74) is 1.69. The molecule has 0 saturated carbocycles. The number of ether oxygens (including phenoxy) is 1. The van der Waals surface area contributed by atoms with Crippen LogP contribution in [0, 0.1) is 0 Å². The van der Waals surface area contributed by atoms with Crippen LogP contribution in [0.4, 0.5) is 4.79 Å². The topological polar surface area (TPSA) is 110 Å². The largest absolute Gasteiger partial charge is 0.480 e. The Bertz CT molecular complexity index is 845. The van der Waals surface area contributed by atoms with E-state index in [1.165, 1.54) is 6.92 Å². The van der Waals surface area contributed by atoms with Gasteiger partial charge >= 0.3 is 12.1 Å². The first-order valence-corrected chi connectivity index (χ1v) is 8.71. The molecule has 0 heterocycles. The van der Waals surface area contributed by atoms with Gasteiger partial charge in [0.05, 0.1) is 0 Å². The van der Waals surface area contributed by atoms with Gasteiger partial charge in [-0.2, -0.15) is 0 Å². The second-order valence-corrected chi connectivity index (χ2v) is 6.19. The van der Waals surface area contributed by atoms with Crippen LogP contribution in [0.15, 0.2) is 54.6 Å². The Morgan fingerprint density at radius 1 is 0.964 bits per heavy atom. The Labute approximate surface area is 162 Å². The molecule has 0 aliphatic carbocycles. The van der Waals surface area contributed by atoms with E-state index in [2.05, 4.69) is 5.32 Å². The van der Waals surface area contributed by atoms with Crippen LogP contribution in [-0.4, -0.2) is 34.8 Å². The van der Waals surface area contributed by atoms with Gasteiger partial charge < -0.3 is 15.2 Å². The van der Waals surface area contributed by atoms with Crippen molar-refractivity contribution in [3.05, 3.63) is 71.3 Å². The number of benzene rings is 2. The summed E-state index contributed by atoms with van der Waals surface area (Å²) in [6.07, 6.45) is -0.964. The zero-order valence-electron chi connectivity index (χ0n) is 15.4. The van der Waals surface area contributed by atoms with Gasteiger partial charge in [0.15, 0.2) is 11.6 Å². The molecule has 0 aromatic heterocycles. The maximum absolute atomic E-state index is 12.1. The third-order valence-corrected chi connectivity index (χ3v) is 4.08. The number of carboxylic acid groups (broad SMARTS) is 1. The SMILES string of the molecule is CC(=O)c1ccc(COC(=O)NC(CCC(=O)c2ccccc2)C(=O)O)cc1. The Balaban J connectivity index is 1.84. The average molecular weight is 383 g/mol. The van der Waals surface area contributed by atoms with Crippen LogP contribution in [0.3, 0.4) is 0 Å². The number of carbonyl (C=O) groups is 4. The first-order valence-electron chi connectivity index (χ1n) is 8.71. The quantitative estimate of drug-likeness (QED) is 0.643. The fourth-order valence-electron chi connectivity index (χ4n) is 2.47. The van der Waals surface area contributed by atoms with Crippen molar-refractivity contribution in [3.63, 3.8) is 0 Å². The van der Waals surface area contributed by atoms with Crippen LogP contribution in [0.2, 0.25) is 0 Å². The van der Waals surface area contributed by atoms with Gasteiger partial charge in [0.25, 0.3) is 0 Å². The molecule has 0 aliphatic heterocycles. The first kappa shape index (κ1) is 20.8. The lowest BCUT2D eigenvalue weighted by Gasteiger charge is -2.14. The Hall–Kier alpha value is -3.48. The Kier molecular flexibility index (Phi) is 7.45. The molecule has 2 N–H and O–H groups in total. The molecule has 1 unspecified atom stereocenters. The van der Waals surface area contributed by atoms with Gasteiger partial charge in [-0.3, -0.25) is 9.59 Å². The molecule has 1 atom stereocenters. The molecule has 0 saturated heterocycles. The molecule has 0 aliphatic rings. The lowest BCUT2D eigenvalue weighted by molar-refractivity contribution is -0.139. The molecular weight excluding hydrogens is 362 g/mol. The summed E-state index contributed by atoms with van der Waals surface area (Å²) in [5.74, 6) is -1.52. The van der Waals surface area contributed by atoms with Crippen LogP contribution in [0.25, 0.3) is 0 Å². The molecule has 7 heteroatoms. The van der Waals surface area contributed by atoms with E-state index in [-0.39, 0.29) is 31.0 Å². The summed E-state index contributed by atoms with van der Waals surface area (Å²) in [6, 6.07) is 13.8. The van der Waals surface area contributed by atoms with Crippen molar-refractivity contribution in [2.45, 2.75) is 32.4 Å². The summed E-state index contributed by atoms with van der Waals surface area (Å²) < 4.78 is 5.02. The number of hydrogen-bond acceptors (Lipinski definition) is 5. The van der Waals surface area contributed by atoms with Crippen LogP contribution in [0.1, 0.15) is 46.0 Å². The maximum atomic E-state index is 12.1. The zero-order valence-corrected chi connectivity index (χ0v) is 15.4. The summed E-state index contributed by atoms with van der Waals surface area (Å²) in [5, 5.41) is 11.5. The number of ketones is 2. The highest BCUT2D eigenvalue weighted by Gasteiger charge is 2.22. The minimum atomic E-state index is -1.25. The van der Waals surface area contributed by atoms with E-state index in [1.54, 1.807) is 54.6 Å². The fourth-order valence-corrected chi connectivity index (χ4v) is 2.47. The molecule has 0 spiro atoms. The number of amides is 1. The van der Waals surface area contributed by atoms with E-state index in [0.29, 0.717) is 16.7 Å². The van der Waals surface area contributed by atoms with E-state index in [4.69, 9.17) is 4.74 Å². The van der Waals surface area contributed by atoms with Crippen LogP contribution in [-0.2, 0) is 16.1 Å². The predicted molar refractivity (Wildman–Crippen MR) is 101 cm³/mol. The van der Waals surface area contributed by atoms with E-state index < -0.39 is 18.1 Å². The van der Waals surface area contributed by atoms with Gasteiger partial charge in [-0.15, -0.1) is 0 Å². The number of hydrogen-bond donors (Lipinski definition) is 2. The van der Waals surface area contributed by atoms with Crippen molar-refractivity contribution in [1.29, 1.82) is 0 Å². The van der Waals surface area contributed by atoms with Gasteiger partial charge in [-0.05, 0) is 18.9 Å². The van der Waals surface area contributed by atoms with Crippen molar-refractivity contribution >= 4 is 23.6 Å². The highest BCUT2D eigenvalue weighted by Crippen LogP contribution is 2.09. The third-order valence-electron chi connectivity index (χ3n) is 4.08. The lowest BCUT2D eigenvalue weighted by atomic mass is 10.0. The fraction of sp³-hybridized carbons (Fsp3) is 0.238. The number of carbonyl (C=O) groups excluding carboxylic acids is 3. The van der Waals surface area contributed by atoms with Gasteiger partial charge in [0.1, 0.15) is 12.6 Å². The van der Waals surface area contributed by atoms with Crippen molar-refractivity contribution in [2.24, 2.45) is 0 Å². The summed E-state index contributed by atoms with van der Waals surface area (Å²) in [6.45, 7) is 1.38. The summed E-state index contributed by atoms with van der Waals surface area (Å²) >= 11 is 0. The van der Waals surface area contributed by atoms with Crippen LogP contribution in [0.5, 0.6) is 0 Å². The second-order valence-electron chi connectivity index (χ2n) is 6.19. The average Bonchev–Trinajstić information content (AvgIpc) is 2.70. The standard InChI is InChI=1S/C21H21NO6/c1-14(23)16-9-7-15(8-10-16)13-28-21(27)22-18(20(25)26)11-12-19(24)17-5-3-2-4-6-17/h2-10,18H,11-13H2,1H3,(H,22,27)(H,25,26). The third kappa shape index (κ3) is 6.35. The van der Waals surface area contributed by atoms with Crippen molar-refractivity contribution in [1.82, 2.24) is 5.32 Å². The molecule has 0 bridgehead atoms. The zero-order chi connectivity index (χ0) is 20.5. The van der Waals surface area contributed by atoms with Gasteiger partial charge in [-0.25, -0.2) is 9.59 Å². The Morgan fingerprint density at radius 3 is 2.18 bits per heavy atom. The van der Waals surface area contributed by atoms with E-state index >= 15 is 0 Å². The smallest absolute Gasteiger partial charge is 0.408 e. The Morgan fingerprint density at radius 2 is 1.61 bits per heavy atom. The van der Waals surface area contributed by atoms with Crippen molar-refractivity contribution in [3.8, 4) is 0 Å². The molecule has 146 valence electrons. The van der Waals surface area contributed by atoms with Crippen LogP contribution < -0.4 is 5.32 Å². The number of Topliss-reactive ketones (excluding diaryl/α,β-unsaturated/α-hetero) is 2. The molecule has 7 nitrogen and oxygen atoms in total. The van der Waals surface area contributed by atoms with E-state index in [1.807, 2.05) is 0 Å². The van der Waals surface area contributed by atoms with E-state index in [9.17, 15) is 24.3 Å². The van der Waals surface area contributed by atoms with Crippen LogP contribution >= 0.6 is 0 Å². The van der Waals surface area contributed by atoms with Crippen molar-refractivity contribution < 1.29 is 29.0 Å². The second kappa shape index (κ2) is 10.0. The number of rotatable bonds is 9. The molecule has 2 rings (SSSR count). The van der Waals surface area contributed by atoms with Gasteiger partial charge in [-0.1, -0.05) is 54.6 Å². The molecule has 2 aromatic rings. The highest BCUT2D eigenvalue weighted by molar-refractivity contribution is 5.96. The molecular formula is C21H21NO6. The molecule has 2 aromatic carbocycles. The molecule has 0 fully saturated rings. The highest BCUT2D eigenvalue weighted by atomic mass is 16.5. The number of carboxylic acids is 1. The van der Waals surface area contributed by atoms with Gasteiger partial charge in [0.2, 0.25) is 0 Å². The summed E-state index contributed by atoms with van der Waals surface area (Å²) in [4.78, 5) is 46.5. The predicted octanol–water partition coefficient (Wildman–Crippen LogP) is 3.23. The van der Waals surface area contributed by atoms with E-state index in [0.717, 1.165) is 0 Å². The molecule has 1 amide bonds. The first-order chi connectivity index (χ1) is 13.4. The maximum Gasteiger partial charge on any atom is 0.408 e. The minimum absolute atomic E-state index is 0.0201. The molecule has 0 radical (unpaired) electrons. The molecule has 28 heavy (non-hydrogen) atoms. The van der Waals surface area contributed by atoms with Crippen molar-refractivity contribution in [2.75, 3.05) is 0 Å². The lowest BCUT2D eigenvalue weighted by Crippen LogP contribution is -2.41. The normalized spacial score (nSPS) is 11.3.